The molecule has 1 aliphatic heterocycles. The van der Waals surface area contributed by atoms with Crippen LogP contribution in [0.4, 0.5) is 0 Å². The van der Waals surface area contributed by atoms with E-state index in [2.05, 4.69) is 38.3 Å². The van der Waals surface area contributed by atoms with Crippen LogP contribution in [0.15, 0.2) is 28.7 Å². The van der Waals surface area contributed by atoms with Crippen molar-refractivity contribution in [3.63, 3.8) is 0 Å². The normalized spacial score (nSPS) is 18.8. The minimum atomic E-state index is 0.0738. The molecule has 0 spiro atoms. The molecule has 1 amide bonds. The maximum atomic E-state index is 11.4. The lowest BCUT2D eigenvalue weighted by atomic mass is 10.0. The smallest absolute Gasteiger partial charge is 0.234 e. The second-order valence-electron chi connectivity index (χ2n) is 4.13. The van der Waals surface area contributed by atoms with Crippen molar-refractivity contribution in [1.82, 2.24) is 10.2 Å². The maximum absolute atomic E-state index is 11.4. The van der Waals surface area contributed by atoms with Gasteiger partial charge in [-0.1, -0.05) is 28.1 Å². The summed E-state index contributed by atoms with van der Waals surface area (Å²) >= 11 is 3.46. The largest absolute Gasteiger partial charge is 0.354 e. The molecule has 1 saturated heterocycles. The van der Waals surface area contributed by atoms with E-state index in [1.54, 1.807) is 0 Å². The number of nitrogens with one attached hydrogen (secondary N) is 1. The van der Waals surface area contributed by atoms with Crippen molar-refractivity contribution in [2.24, 2.45) is 5.73 Å². The Bertz CT molecular complexity index is 410. The Balaban J connectivity index is 2.18. The topological polar surface area (TPSA) is 58.4 Å². The average molecular weight is 298 g/mol. The van der Waals surface area contributed by atoms with E-state index in [-0.39, 0.29) is 11.9 Å². The van der Waals surface area contributed by atoms with Crippen molar-refractivity contribution in [1.29, 1.82) is 0 Å². The maximum Gasteiger partial charge on any atom is 0.234 e. The quantitative estimate of drug-likeness (QED) is 0.871. The molecule has 0 saturated carbocycles. The molecule has 1 aromatic rings. The van der Waals surface area contributed by atoms with Crippen LogP contribution in [0.3, 0.4) is 0 Å². The molecule has 0 bridgehead atoms. The van der Waals surface area contributed by atoms with Crippen molar-refractivity contribution < 1.29 is 4.79 Å². The molecule has 1 unspecified atom stereocenters. The molecular weight excluding hydrogens is 282 g/mol. The molecule has 1 aromatic carbocycles. The van der Waals surface area contributed by atoms with Gasteiger partial charge in [0.1, 0.15) is 0 Å². The van der Waals surface area contributed by atoms with Crippen molar-refractivity contribution in [2.75, 3.05) is 26.2 Å². The van der Waals surface area contributed by atoms with Gasteiger partial charge in [-0.2, -0.15) is 0 Å². The minimum Gasteiger partial charge on any atom is -0.354 e. The third-order valence-corrected chi connectivity index (χ3v) is 3.46. The van der Waals surface area contributed by atoms with E-state index in [9.17, 15) is 4.79 Å². The fourth-order valence-corrected chi connectivity index (χ4v) is 2.55. The summed E-state index contributed by atoms with van der Waals surface area (Å²) in [7, 11) is 0. The Hall–Kier alpha value is -0.910. The lowest BCUT2D eigenvalue weighted by Crippen LogP contribution is -2.50. The van der Waals surface area contributed by atoms with Gasteiger partial charge in [-0.25, -0.2) is 0 Å². The van der Waals surface area contributed by atoms with E-state index in [1.165, 1.54) is 0 Å². The Morgan fingerprint density at radius 2 is 2.35 bits per heavy atom. The molecule has 0 radical (unpaired) electrons. The van der Waals surface area contributed by atoms with Gasteiger partial charge in [-0.3, -0.25) is 9.69 Å². The number of nitrogens with two attached hydrogens (primary N) is 1. The molecule has 0 aromatic heterocycles. The summed E-state index contributed by atoms with van der Waals surface area (Å²) in [6.45, 7) is 2.49. The first-order chi connectivity index (χ1) is 8.20. The predicted molar refractivity (Wildman–Crippen MR) is 70.5 cm³/mol. The lowest BCUT2D eigenvalue weighted by Gasteiger charge is -2.33. The first-order valence-electron chi connectivity index (χ1n) is 5.67. The summed E-state index contributed by atoms with van der Waals surface area (Å²) in [5.41, 5.74) is 6.99. The Morgan fingerprint density at radius 3 is 3.00 bits per heavy atom. The minimum absolute atomic E-state index is 0.0738. The van der Waals surface area contributed by atoms with Gasteiger partial charge in [-0.05, 0) is 17.7 Å². The van der Waals surface area contributed by atoms with Crippen LogP contribution in [0.2, 0.25) is 0 Å². The highest BCUT2D eigenvalue weighted by atomic mass is 79.9. The van der Waals surface area contributed by atoms with Gasteiger partial charge in [-0.15, -0.1) is 0 Å². The van der Waals surface area contributed by atoms with E-state index in [1.807, 2.05) is 12.1 Å². The van der Waals surface area contributed by atoms with E-state index in [4.69, 9.17) is 5.73 Å². The number of carbonyl (C=O) groups is 1. The van der Waals surface area contributed by atoms with Gasteiger partial charge < -0.3 is 11.1 Å². The van der Waals surface area contributed by atoms with Crippen molar-refractivity contribution >= 4 is 21.8 Å². The zero-order chi connectivity index (χ0) is 12.3. The van der Waals surface area contributed by atoms with Gasteiger partial charge in [0.2, 0.25) is 5.91 Å². The molecule has 1 heterocycles. The molecule has 0 aliphatic carbocycles. The molecule has 1 atom stereocenters. The third-order valence-electron chi connectivity index (χ3n) is 2.97. The van der Waals surface area contributed by atoms with Crippen molar-refractivity contribution in [3.8, 4) is 0 Å². The number of hydrogen-bond donors (Lipinski definition) is 2. The highest BCUT2D eigenvalue weighted by molar-refractivity contribution is 9.10. The standard InChI is InChI=1S/C12H16BrN3O/c13-10-3-1-2-9(6-10)11(7-14)16-5-4-15-12(17)8-16/h1-3,6,11H,4-5,7-8,14H2,(H,15,17). The SMILES string of the molecule is NCC(c1cccc(Br)c1)N1CCNC(=O)C1. The van der Waals surface area contributed by atoms with Crippen LogP contribution in [0.1, 0.15) is 11.6 Å². The number of carbonyl (C=O) groups excluding carboxylic acids is 1. The predicted octanol–water partition coefficient (Wildman–Crippen LogP) is 0.881. The number of piperazine rings is 1. The number of benzene rings is 1. The molecule has 3 N–H and O–H groups in total. The molecule has 4 nitrogen and oxygen atoms in total. The number of amides is 1. The zero-order valence-electron chi connectivity index (χ0n) is 9.53. The van der Waals surface area contributed by atoms with E-state index >= 15 is 0 Å². The summed E-state index contributed by atoms with van der Waals surface area (Å²) in [4.78, 5) is 13.5. The number of nitrogens with zero attached hydrogens (tertiary/aromatic N) is 1. The van der Waals surface area contributed by atoms with Crippen LogP contribution < -0.4 is 11.1 Å². The summed E-state index contributed by atoms with van der Waals surface area (Å²) < 4.78 is 1.04. The molecule has 1 aliphatic rings. The lowest BCUT2D eigenvalue weighted by molar-refractivity contribution is -0.124. The van der Waals surface area contributed by atoms with Gasteiger partial charge in [0.15, 0.2) is 0 Å². The average Bonchev–Trinajstić information content (AvgIpc) is 2.30. The van der Waals surface area contributed by atoms with E-state index in [0.29, 0.717) is 19.6 Å². The van der Waals surface area contributed by atoms with Crippen LogP contribution in [-0.4, -0.2) is 37.0 Å². The van der Waals surface area contributed by atoms with E-state index < -0.39 is 0 Å². The van der Waals surface area contributed by atoms with Crippen LogP contribution >= 0.6 is 15.9 Å². The van der Waals surface area contributed by atoms with Gasteiger partial charge in [0.05, 0.1) is 6.54 Å². The zero-order valence-corrected chi connectivity index (χ0v) is 11.1. The second-order valence-corrected chi connectivity index (χ2v) is 5.04. The first-order valence-corrected chi connectivity index (χ1v) is 6.46. The summed E-state index contributed by atoms with van der Waals surface area (Å²) in [6.07, 6.45) is 0. The molecule has 1 fully saturated rings. The van der Waals surface area contributed by atoms with Crippen LogP contribution in [0.25, 0.3) is 0 Å². The Kier molecular flexibility index (Phi) is 4.15. The van der Waals surface area contributed by atoms with Gasteiger partial charge in [0.25, 0.3) is 0 Å². The Morgan fingerprint density at radius 1 is 1.53 bits per heavy atom. The molecule has 17 heavy (non-hydrogen) atoms. The Labute approximate surface area is 109 Å². The summed E-state index contributed by atoms with van der Waals surface area (Å²) in [6, 6.07) is 8.20. The number of halogens is 1. The second kappa shape index (κ2) is 5.62. The molecular formula is C12H16BrN3O. The van der Waals surface area contributed by atoms with Crippen molar-refractivity contribution in [3.05, 3.63) is 34.3 Å². The van der Waals surface area contributed by atoms with Crippen molar-refractivity contribution in [2.45, 2.75) is 6.04 Å². The number of rotatable bonds is 3. The van der Waals surface area contributed by atoms with Crippen LogP contribution in [0, 0.1) is 0 Å². The van der Waals surface area contributed by atoms with Crippen LogP contribution in [0.5, 0.6) is 0 Å². The third kappa shape index (κ3) is 3.06. The van der Waals surface area contributed by atoms with Gasteiger partial charge >= 0.3 is 0 Å². The monoisotopic (exact) mass is 297 g/mol. The fraction of sp³-hybridized carbons (Fsp3) is 0.417. The fourth-order valence-electron chi connectivity index (χ4n) is 2.13. The summed E-state index contributed by atoms with van der Waals surface area (Å²) in [5, 5.41) is 2.82. The molecule has 92 valence electrons. The van der Waals surface area contributed by atoms with E-state index in [0.717, 1.165) is 16.6 Å². The summed E-state index contributed by atoms with van der Waals surface area (Å²) in [5.74, 6) is 0.0738. The highest BCUT2D eigenvalue weighted by Crippen LogP contribution is 2.23. The number of hydrogen-bond acceptors (Lipinski definition) is 3. The highest BCUT2D eigenvalue weighted by Gasteiger charge is 2.24. The first kappa shape index (κ1) is 12.5. The van der Waals surface area contributed by atoms with Gasteiger partial charge in [0, 0.05) is 30.1 Å². The van der Waals surface area contributed by atoms with Crippen LogP contribution in [-0.2, 0) is 4.79 Å². The molecule has 5 heteroatoms. The molecule has 2 rings (SSSR count).